The molecule has 0 unspecified atom stereocenters. The van der Waals surface area contributed by atoms with Crippen molar-refractivity contribution in [1.82, 2.24) is 20.2 Å². The highest BCUT2D eigenvalue weighted by Gasteiger charge is 2.24. The number of aromatic nitrogens is 2. The van der Waals surface area contributed by atoms with Crippen LogP contribution in [0, 0.1) is 5.92 Å². The van der Waals surface area contributed by atoms with Gasteiger partial charge in [0.15, 0.2) is 0 Å². The molecule has 3 heterocycles. The minimum Gasteiger partial charge on any atom is -0.396 e. The van der Waals surface area contributed by atoms with Crippen LogP contribution in [0.1, 0.15) is 54.5 Å². The van der Waals surface area contributed by atoms with Gasteiger partial charge in [0.25, 0.3) is 5.91 Å². The molecule has 25 heavy (non-hydrogen) atoms. The molecule has 0 saturated carbocycles. The standard InChI is InChI=1S/C18H29N5O2/c1-12(2)16-21-15-14(3-6-20-18(15)25)17(22-16)19-7-10-23-8-4-13(11-24)5-9-23/h12-13,24H,3-11H2,1-2H3,(H,20,25)(H,19,21,22). The van der Waals surface area contributed by atoms with Crippen molar-refractivity contribution in [2.75, 3.05) is 44.6 Å². The van der Waals surface area contributed by atoms with Gasteiger partial charge in [0.1, 0.15) is 17.3 Å². The number of piperidine rings is 1. The van der Waals surface area contributed by atoms with Crippen LogP contribution >= 0.6 is 0 Å². The third-order valence-electron chi connectivity index (χ3n) is 5.10. The van der Waals surface area contributed by atoms with E-state index in [0.29, 0.717) is 30.6 Å². The molecule has 1 saturated heterocycles. The molecule has 0 aromatic carbocycles. The molecule has 1 aromatic rings. The van der Waals surface area contributed by atoms with Gasteiger partial charge in [-0.05, 0) is 38.3 Å². The number of aliphatic hydroxyl groups is 1. The molecule has 1 aromatic heterocycles. The number of hydrogen-bond acceptors (Lipinski definition) is 6. The largest absolute Gasteiger partial charge is 0.396 e. The average molecular weight is 347 g/mol. The van der Waals surface area contributed by atoms with E-state index in [-0.39, 0.29) is 11.8 Å². The van der Waals surface area contributed by atoms with Gasteiger partial charge in [0, 0.05) is 37.7 Å². The van der Waals surface area contributed by atoms with Crippen LogP contribution in [0.5, 0.6) is 0 Å². The van der Waals surface area contributed by atoms with E-state index in [0.717, 1.165) is 56.8 Å². The molecule has 1 fully saturated rings. The quantitative estimate of drug-likeness (QED) is 0.711. The molecule has 3 rings (SSSR count). The molecule has 0 spiro atoms. The van der Waals surface area contributed by atoms with Crippen molar-refractivity contribution in [2.45, 2.75) is 39.0 Å². The second kappa shape index (κ2) is 8.10. The number of anilines is 1. The zero-order chi connectivity index (χ0) is 17.8. The molecule has 7 heteroatoms. The Morgan fingerprint density at radius 3 is 2.76 bits per heavy atom. The second-order valence-electron chi connectivity index (χ2n) is 7.31. The van der Waals surface area contributed by atoms with Crippen LogP contribution in [-0.2, 0) is 6.42 Å². The molecular weight excluding hydrogens is 318 g/mol. The number of likely N-dealkylation sites (tertiary alicyclic amines) is 1. The molecule has 0 bridgehead atoms. The molecule has 1 amide bonds. The van der Waals surface area contributed by atoms with E-state index in [4.69, 9.17) is 0 Å². The third-order valence-corrected chi connectivity index (χ3v) is 5.10. The molecular formula is C18H29N5O2. The topological polar surface area (TPSA) is 90.4 Å². The summed E-state index contributed by atoms with van der Waals surface area (Å²) < 4.78 is 0. The van der Waals surface area contributed by atoms with Crippen LogP contribution < -0.4 is 10.6 Å². The Morgan fingerprint density at radius 2 is 2.08 bits per heavy atom. The van der Waals surface area contributed by atoms with Crippen LogP contribution in [0.2, 0.25) is 0 Å². The highest BCUT2D eigenvalue weighted by molar-refractivity contribution is 5.96. The summed E-state index contributed by atoms with van der Waals surface area (Å²) in [7, 11) is 0. The number of nitrogens with one attached hydrogen (secondary N) is 2. The fraction of sp³-hybridized carbons (Fsp3) is 0.722. The fourth-order valence-corrected chi connectivity index (χ4v) is 3.44. The molecule has 2 aliphatic heterocycles. The van der Waals surface area contributed by atoms with Gasteiger partial charge >= 0.3 is 0 Å². The van der Waals surface area contributed by atoms with Crippen molar-refractivity contribution in [3.05, 3.63) is 17.1 Å². The molecule has 2 aliphatic rings. The first kappa shape index (κ1) is 18.1. The van der Waals surface area contributed by atoms with E-state index >= 15 is 0 Å². The number of hydrogen-bond donors (Lipinski definition) is 3. The van der Waals surface area contributed by atoms with Crippen LogP contribution in [0.15, 0.2) is 0 Å². The van der Waals surface area contributed by atoms with E-state index in [1.54, 1.807) is 0 Å². The Bertz CT molecular complexity index is 612. The van der Waals surface area contributed by atoms with E-state index in [2.05, 4.69) is 25.5 Å². The summed E-state index contributed by atoms with van der Waals surface area (Å²) in [5.41, 5.74) is 1.46. The number of nitrogens with zero attached hydrogens (tertiary/aromatic N) is 3. The minimum absolute atomic E-state index is 0.0975. The van der Waals surface area contributed by atoms with Crippen molar-refractivity contribution in [3.8, 4) is 0 Å². The minimum atomic E-state index is -0.0975. The lowest BCUT2D eigenvalue weighted by molar-refractivity contribution is 0.0940. The third kappa shape index (κ3) is 4.27. The Morgan fingerprint density at radius 1 is 1.32 bits per heavy atom. The van der Waals surface area contributed by atoms with Gasteiger partial charge in [-0.25, -0.2) is 9.97 Å². The first-order chi connectivity index (χ1) is 12.1. The Kier molecular flexibility index (Phi) is 5.86. The van der Waals surface area contributed by atoms with E-state index in [9.17, 15) is 9.90 Å². The van der Waals surface area contributed by atoms with Gasteiger partial charge in [-0.3, -0.25) is 4.79 Å². The summed E-state index contributed by atoms with van der Waals surface area (Å²) in [6.07, 6.45) is 2.90. The smallest absolute Gasteiger partial charge is 0.270 e. The molecule has 3 N–H and O–H groups in total. The summed E-state index contributed by atoms with van der Waals surface area (Å²) in [6.45, 7) is 8.84. The highest BCUT2D eigenvalue weighted by atomic mass is 16.3. The van der Waals surface area contributed by atoms with Gasteiger partial charge in [-0.1, -0.05) is 13.8 Å². The van der Waals surface area contributed by atoms with Crippen LogP contribution in [-0.4, -0.2) is 65.2 Å². The molecule has 0 atom stereocenters. The van der Waals surface area contributed by atoms with E-state index in [1.165, 1.54) is 0 Å². The Hall–Kier alpha value is -1.73. The average Bonchev–Trinajstić information content (AvgIpc) is 2.62. The fourth-order valence-electron chi connectivity index (χ4n) is 3.44. The highest BCUT2D eigenvalue weighted by Crippen LogP contribution is 2.23. The lowest BCUT2D eigenvalue weighted by Gasteiger charge is -2.31. The summed E-state index contributed by atoms with van der Waals surface area (Å²) in [4.78, 5) is 23.7. The number of aliphatic hydroxyl groups excluding tert-OH is 1. The predicted octanol–water partition coefficient (Wildman–Crippen LogP) is 1.00. The monoisotopic (exact) mass is 347 g/mol. The van der Waals surface area contributed by atoms with Crippen LogP contribution in [0.4, 0.5) is 5.82 Å². The van der Waals surface area contributed by atoms with Gasteiger partial charge < -0.3 is 20.6 Å². The number of carbonyl (C=O) groups is 1. The summed E-state index contributed by atoms with van der Waals surface area (Å²) in [6, 6.07) is 0. The lowest BCUT2D eigenvalue weighted by Crippen LogP contribution is -2.38. The Balaban J connectivity index is 1.64. The number of rotatable bonds is 6. The zero-order valence-corrected chi connectivity index (χ0v) is 15.2. The normalized spacial score (nSPS) is 19.0. The first-order valence-corrected chi connectivity index (χ1v) is 9.34. The lowest BCUT2D eigenvalue weighted by atomic mass is 9.98. The van der Waals surface area contributed by atoms with Gasteiger partial charge in [-0.2, -0.15) is 0 Å². The van der Waals surface area contributed by atoms with Gasteiger partial charge in [-0.15, -0.1) is 0 Å². The van der Waals surface area contributed by atoms with Crippen molar-refractivity contribution in [1.29, 1.82) is 0 Å². The van der Waals surface area contributed by atoms with Crippen molar-refractivity contribution >= 4 is 11.7 Å². The molecule has 7 nitrogen and oxygen atoms in total. The Labute approximate surface area is 149 Å². The molecule has 138 valence electrons. The number of amides is 1. The maximum atomic E-state index is 12.1. The second-order valence-corrected chi connectivity index (χ2v) is 7.31. The SMILES string of the molecule is CC(C)c1nc(NCCN2CCC(CO)CC2)c2c(n1)C(=O)NCC2. The van der Waals surface area contributed by atoms with E-state index in [1.807, 2.05) is 13.8 Å². The molecule has 0 radical (unpaired) electrons. The van der Waals surface area contributed by atoms with Crippen LogP contribution in [0.25, 0.3) is 0 Å². The van der Waals surface area contributed by atoms with Crippen molar-refractivity contribution in [3.63, 3.8) is 0 Å². The van der Waals surface area contributed by atoms with Crippen molar-refractivity contribution in [2.24, 2.45) is 5.92 Å². The summed E-state index contributed by atoms with van der Waals surface area (Å²) in [5.74, 6) is 2.07. The van der Waals surface area contributed by atoms with Crippen molar-refractivity contribution < 1.29 is 9.90 Å². The molecule has 0 aliphatic carbocycles. The first-order valence-electron chi connectivity index (χ1n) is 9.34. The number of fused-ring (bicyclic) bond motifs is 1. The summed E-state index contributed by atoms with van der Waals surface area (Å²) in [5, 5.41) is 15.5. The van der Waals surface area contributed by atoms with Crippen LogP contribution in [0.3, 0.4) is 0 Å². The van der Waals surface area contributed by atoms with E-state index < -0.39 is 0 Å². The van der Waals surface area contributed by atoms with Gasteiger partial charge in [0.05, 0.1) is 0 Å². The van der Waals surface area contributed by atoms with Gasteiger partial charge in [0.2, 0.25) is 0 Å². The maximum absolute atomic E-state index is 12.1. The predicted molar refractivity (Wildman–Crippen MR) is 96.9 cm³/mol. The number of carbonyl (C=O) groups excluding carboxylic acids is 1. The summed E-state index contributed by atoms with van der Waals surface area (Å²) >= 11 is 0. The zero-order valence-electron chi connectivity index (χ0n) is 15.2. The maximum Gasteiger partial charge on any atom is 0.270 e.